The van der Waals surface area contributed by atoms with E-state index in [1.807, 2.05) is 12.1 Å². The van der Waals surface area contributed by atoms with Crippen LogP contribution < -0.4 is 14.5 Å². The molecule has 0 bridgehead atoms. The van der Waals surface area contributed by atoms with Gasteiger partial charge in [0.15, 0.2) is 0 Å². The number of carbonyl (C=O) groups is 1. The molecule has 1 saturated heterocycles. The normalized spacial score (nSPS) is 15.6. The summed E-state index contributed by atoms with van der Waals surface area (Å²) in [6, 6.07) is 11.4. The molecule has 7 nitrogen and oxygen atoms in total. The van der Waals surface area contributed by atoms with Gasteiger partial charge < -0.3 is 15.0 Å². The third-order valence-electron chi connectivity index (χ3n) is 4.66. The number of nitrogens with one attached hydrogen (secondary N) is 1. The fraction of sp³-hybridized carbons (Fsp3) is 0.350. The molecule has 1 heterocycles. The Morgan fingerprint density at radius 3 is 2.41 bits per heavy atom. The molecule has 0 aromatic heterocycles. The number of benzene rings is 2. The highest BCUT2D eigenvalue weighted by atomic mass is 32.2. The van der Waals surface area contributed by atoms with Gasteiger partial charge in [0, 0.05) is 24.5 Å². The Labute approximate surface area is 170 Å². The van der Waals surface area contributed by atoms with Crippen molar-refractivity contribution in [2.45, 2.75) is 13.0 Å². The number of carbonyl (C=O) groups excluding carboxylic acids is 1. The number of sulfonamides is 1. The van der Waals surface area contributed by atoms with Crippen LogP contribution in [-0.4, -0.2) is 52.9 Å². The molecule has 9 heteroatoms. The molecule has 29 heavy (non-hydrogen) atoms. The molecular weight excluding hydrogens is 397 g/mol. The van der Waals surface area contributed by atoms with E-state index in [9.17, 15) is 17.6 Å². The molecule has 0 saturated carbocycles. The monoisotopic (exact) mass is 421 g/mol. The smallest absolute Gasteiger partial charge is 0.247 e. The molecule has 0 radical (unpaired) electrons. The predicted octanol–water partition coefficient (Wildman–Crippen LogP) is 2.46. The summed E-state index contributed by atoms with van der Waals surface area (Å²) in [5.41, 5.74) is 1.67. The summed E-state index contributed by atoms with van der Waals surface area (Å²) in [6.45, 7) is 4.43. The van der Waals surface area contributed by atoms with Crippen molar-refractivity contribution in [1.82, 2.24) is 0 Å². The molecule has 1 amide bonds. The third-order valence-corrected chi connectivity index (χ3v) is 5.90. The maximum Gasteiger partial charge on any atom is 0.247 e. The van der Waals surface area contributed by atoms with Crippen LogP contribution >= 0.6 is 0 Å². The standard InChI is InChI=1S/C20H24FN3O4S/c1-15(24(29(2,26)27)19-5-3-4-16(21)14-19)20(25)22-17-6-8-18(9-7-17)23-10-12-28-13-11-23/h3-9,14-15H,10-13H2,1-2H3,(H,22,25). The zero-order valence-corrected chi connectivity index (χ0v) is 17.2. The number of nitrogens with zero attached hydrogens (tertiary/aromatic N) is 2. The Bertz CT molecular complexity index is 960. The lowest BCUT2D eigenvalue weighted by Gasteiger charge is -2.29. The molecule has 1 aliphatic rings. The number of anilines is 3. The summed E-state index contributed by atoms with van der Waals surface area (Å²) in [5.74, 6) is -1.10. The highest BCUT2D eigenvalue weighted by Crippen LogP contribution is 2.23. The molecule has 2 aromatic carbocycles. The highest BCUT2D eigenvalue weighted by molar-refractivity contribution is 7.92. The van der Waals surface area contributed by atoms with Gasteiger partial charge in [-0.05, 0) is 49.4 Å². The maximum absolute atomic E-state index is 13.6. The van der Waals surface area contributed by atoms with Gasteiger partial charge in [-0.1, -0.05) is 6.07 Å². The average Bonchev–Trinajstić information content (AvgIpc) is 2.68. The molecule has 1 unspecified atom stereocenters. The topological polar surface area (TPSA) is 79.0 Å². The van der Waals surface area contributed by atoms with Crippen LogP contribution in [0.25, 0.3) is 0 Å². The number of hydrogen-bond acceptors (Lipinski definition) is 5. The lowest BCUT2D eigenvalue weighted by molar-refractivity contribution is -0.116. The fourth-order valence-corrected chi connectivity index (χ4v) is 4.41. The molecule has 0 aliphatic carbocycles. The molecule has 0 spiro atoms. The Morgan fingerprint density at radius 2 is 1.83 bits per heavy atom. The second kappa shape index (κ2) is 8.79. The summed E-state index contributed by atoms with van der Waals surface area (Å²) in [4.78, 5) is 14.9. The van der Waals surface area contributed by atoms with E-state index in [2.05, 4.69) is 10.2 Å². The van der Waals surface area contributed by atoms with Gasteiger partial charge in [-0.25, -0.2) is 12.8 Å². The summed E-state index contributed by atoms with van der Waals surface area (Å²) < 4.78 is 44.4. The molecule has 2 aromatic rings. The van der Waals surface area contributed by atoms with E-state index < -0.39 is 27.8 Å². The summed E-state index contributed by atoms with van der Waals surface area (Å²) in [5, 5.41) is 2.73. The zero-order chi connectivity index (χ0) is 21.0. The third kappa shape index (κ3) is 5.24. The van der Waals surface area contributed by atoms with Gasteiger partial charge in [0.2, 0.25) is 15.9 Å². The van der Waals surface area contributed by atoms with E-state index in [1.165, 1.54) is 25.1 Å². The number of ether oxygens (including phenoxy) is 1. The van der Waals surface area contributed by atoms with Crippen molar-refractivity contribution < 1.29 is 22.3 Å². The minimum Gasteiger partial charge on any atom is -0.378 e. The Balaban J connectivity index is 1.74. The molecule has 3 rings (SSSR count). The van der Waals surface area contributed by atoms with Gasteiger partial charge in [-0.3, -0.25) is 9.10 Å². The molecule has 156 valence electrons. The molecular formula is C20H24FN3O4S. The van der Waals surface area contributed by atoms with E-state index in [1.54, 1.807) is 12.1 Å². The minimum absolute atomic E-state index is 0.0952. The van der Waals surface area contributed by atoms with Gasteiger partial charge in [-0.2, -0.15) is 0 Å². The van der Waals surface area contributed by atoms with E-state index in [0.717, 1.165) is 35.4 Å². The fourth-order valence-electron chi connectivity index (χ4n) is 3.25. The number of amides is 1. The summed E-state index contributed by atoms with van der Waals surface area (Å²) in [6.07, 6.45) is 0.985. The van der Waals surface area contributed by atoms with Crippen LogP contribution in [0.3, 0.4) is 0 Å². The molecule has 1 fully saturated rings. The van der Waals surface area contributed by atoms with Crippen LogP contribution in [-0.2, 0) is 19.6 Å². The lowest BCUT2D eigenvalue weighted by atomic mass is 10.2. The highest BCUT2D eigenvalue weighted by Gasteiger charge is 2.29. The van der Waals surface area contributed by atoms with Gasteiger partial charge in [-0.15, -0.1) is 0 Å². The van der Waals surface area contributed by atoms with Crippen LogP contribution in [0, 0.1) is 5.82 Å². The Hall–Kier alpha value is -2.65. The first-order chi connectivity index (χ1) is 13.8. The van der Waals surface area contributed by atoms with Crippen molar-refractivity contribution in [2.75, 3.05) is 47.1 Å². The van der Waals surface area contributed by atoms with Crippen molar-refractivity contribution >= 4 is 33.0 Å². The van der Waals surface area contributed by atoms with Gasteiger partial charge in [0.1, 0.15) is 11.9 Å². The number of halogens is 1. The van der Waals surface area contributed by atoms with Crippen molar-refractivity contribution in [3.05, 3.63) is 54.3 Å². The first-order valence-electron chi connectivity index (χ1n) is 9.24. The minimum atomic E-state index is -3.81. The zero-order valence-electron chi connectivity index (χ0n) is 16.3. The number of rotatable bonds is 6. The van der Waals surface area contributed by atoms with Crippen LogP contribution in [0.1, 0.15) is 6.92 Å². The van der Waals surface area contributed by atoms with E-state index in [0.29, 0.717) is 18.9 Å². The molecule has 1 atom stereocenters. The first kappa shape index (κ1) is 21.1. The maximum atomic E-state index is 13.6. The molecule has 1 aliphatic heterocycles. The lowest BCUT2D eigenvalue weighted by Crippen LogP contribution is -2.45. The van der Waals surface area contributed by atoms with Crippen LogP contribution in [0.15, 0.2) is 48.5 Å². The number of hydrogen-bond donors (Lipinski definition) is 1. The second-order valence-corrected chi connectivity index (χ2v) is 8.71. The SMILES string of the molecule is CC(C(=O)Nc1ccc(N2CCOCC2)cc1)N(c1cccc(F)c1)S(C)(=O)=O. The first-order valence-corrected chi connectivity index (χ1v) is 11.1. The van der Waals surface area contributed by atoms with Crippen molar-refractivity contribution in [3.8, 4) is 0 Å². The Kier molecular flexibility index (Phi) is 6.39. The van der Waals surface area contributed by atoms with Crippen LogP contribution in [0.2, 0.25) is 0 Å². The van der Waals surface area contributed by atoms with E-state index in [-0.39, 0.29) is 5.69 Å². The largest absolute Gasteiger partial charge is 0.378 e. The van der Waals surface area contributed by atoms with Gasteiger partial charge >= 0.3 is 0 Å². The van der Waals surface area contributed by atoms with Crippen molar-refractivity contribution in [1.29, 1.82) is 0 Å². The van der Waals surface area contributed by atoms with E-state index >= 15 is 0 Å². The van der Waals surface area contributed by atoms with Crippen LogP contribution in [0.5, 0.6) is 0 Å². The van der Waals surface area contributed by atoms with Crippen molar-refractivity contribution in [3.63, 3.8) is 0 Å². The summed E-state index contributed by atoms with van der Waals surface area (Å²) in [7, 11) is -3.81. The summed E-state index contributed by atoms with van der Waals surface area (Å²) >= 11 is 0. The van der Waals surface area contributed by atoms with Crippen molar-refractivity contribution in [2.24, 2.45) is 0 Å². The molecule has 1 N–H and O–H groups in total. The predicted molar refractivity (Wildman–Crippen MR) is 111 cm³/mol. The number of morpholine rings is 1. The van der Waals surface area contributed by atoms with E-state index in [4.69, 9.17) is 4.74 Å². The second-order valence-electron chi connectivity index (χ2n) is 6.85. The van der Waals surface area contributed by atoms with Gasteiger partial charge in [0.05, 0.1) is 25.2 Å². The Morgan fingerprint density at radius 1 is 1.17 bits per heavy atom. The van der Waals surface area contributed by atoms with Gasteiger partial charge in [0.25, 0.3) is 0 Å². The average molecular weight is 421 g/mol. The quantitative estimate of drug-likeness (QED) is 0.775. The van der Waals surface area contributed by atoms with Crippen LogP contribution in [0.4, 0.5) is 21.5 Å².